The molecule has 13 nitrogen and oxygen atoms in total. The number of halogens is 4. The number of benzene rings is 3. The predicted molar refractivity (Wildman–Crippen MR) is 238 cm³/mol. The van der Waals surface area contributed by atoms with Crippen LogP contribution in [0.1, 0.15) is 66.4 Å². The Labute approximate surface area is 375 Å². The molecule has 0 spiro atoms. The first-order valence-electron chi connectivity index (χ1n) is 20.2. The molecule has 18 heteroatoms. The second-order valence-corrected chi connectivity index (χ2v) is 15.8. The van der Waals surface area contributed by atoms with Crippen molar-refractivity contribution in [2.75, 3.05) is 27.3 Å². The molecule has 0 atom stereocenters. The van der Waals surface area contributed by atoms with Gasteiger partial charge in [-0.1, -0.05) is 41.9 Å². The van der Waals surface area contributed by atoms with Crippen LogP contribution in [0.15, 0.2) is 90.6 Å². The van der Waals surface area contributed by atoms with E-state index in [0.29, 0.717) is 78.5 Å². The molecule has 0 unspecified atom stereocenters. The lowest BCUT2D eigenvalue weighted by Gasteiger charge is -2.14. The zero-order chi connectivity index (χ0) is 45.9. The highest BCUT2D eigenvalue weighted by molar-refractivity contribution is 7.19. The van der Waals surface area contributed by atoms with E-state index in [1.54, 1.807) is 56.8 Å². The molecule has 2 N–H and O–H groups in total. The Balaban J connectivity index is 0.937. The van der Waals surface area contributed by atoms with Crippen molar-refractivity contribution in [1.82, 2.24) is 39.4 Å². The number of alkyl halides is 3. The molecule has 7 rings (SSSR count). The zero-order valence-corrected chi connectivity index (χ0v) is 36.4. The summed E-state index contributed by atoms with van der Waals surface area (Å²) in [7, 11) is 5.31. The number of carbonyl (C=O) groups excluding carboxylic acids is 1. The van der Waals surface area contributed by atoms with Crippen molar-refractivity contribution in [3.05, 3.63) is 146 Å². The topological polar surface area (TPSA) is 137 Å². The summed E-state index contributed by atoms with van der Waals surface area (Å²) in [5.41, 5.74) is 4.56. The molecule has 4 heterocycles. The highest BCUT2D eigenvalue weighted by Gasteiger charge is 2.34. The molecule has 65 heavy (non-hydrogen) atoms. The van der Waals surface area contributed by atoms with Gasteiger partial charge >= 0.3 is 6.18 Å². The van der Waals surface area contributed by atoms with E-state index in [0.717, 1.165) is 45.0 Å². The van der Waals surface area contributed by atoms with E-state index in [9.17, 15) is 27.5 Å². The monoisotopic (exact) mass is 905 g/mol. The number of fused-ring (bicyclic) bond motifs is 1. The lowest BCUT2D eigenvalue weighted by molar-refractivity contribution is -0.140. The third-order valence-electron chi connectivity index (χ3n) is 9.90. The number of nitrogens with zero attached hydrogens (tertiary/aromatic N) is 8. The van der Waals surface area contributed by atoms with Crippen molar-refractivity contribution in [2.45, 2.75) is 45.4 Å². The van der Waals surface area contributed by atoms with Crippen LogP contribution in [-0.2, 0) is 46.0 Å². The summed E-state index contributed by atoms with van der Waals surface area (Å²) in [4.78, 5) is 16.9. The second-order valence-electron chi connectivity index (χ2n) is 14.7. The molecule has 334 valence electrons. The number of thiazole rings is 1. The van der Waals surface area contributed by atoms with Crippen LogP contribution in [0.3, 0.4) is 0 Å². The minimum absolute atomic E-state index is 0.0831. The lowest BCUT2D eigenvalue weighted by Crippen LogP contribution is -2.18. The summed E-state index contributed by atoms with van der Waals surface area (Å²) < 4.78 is 70.7. The summed E-state index contributed by atoms with van der Waals surface area (Å²) in [6, 6.07) is 15.8. The Morgan fingerprint density at radius 2 is 1.77 bits per heavy atom. The average Bonchev–Trinajstić information content (AvgIpc) is 4.09. The Bertz CT molecular complexity index is 2950. The molecular formula is C47H43F4N9O4S. The third-order valence-corrected chi connectivity index (χ3v) is 11.0. The normalized spacial score (nSPS) is 11.4. The maximum absolute atomic E-state index is 13.8. The number of aliphatic hydroxyl groups is 1. The molecule has 0 fully saturated rings. The van der Waals surface area contributed by atoms with Crippen LogP contribution < -0.4 is 14.8 Å². The molecule has 4 aromatic heterocycles. The van der Waals surface area contributed by atoms with Gasteiger partial charge in [0.2, 0.25) is 0 Å². The van der Waals surface area contributed by atoms with Gasteiger partial charge in [-0.05, 0) is 53.6 Å². The number of methoxy groups -OCH3 is 1. The summed E-state index contributed by atoms with van der Waals surface area (Å²) in [5.74, 6) is 12.4. The summed E-state index contributed by atoms with van der Waals surface area (Å²) >= 11 is 1.48. The number of carbonyl (C=O) groups is 1. The fourth-order valence-corrected chi connectivity index (χ4v) is 7.80. The molecule has 7 aromatic rings. The van der Waals surface area contributed by atoms with E-state index in [2.05, 4.69) is 44.3 Å². The number of aldehydes is 1. The minimum Gasteiger partial charge on any atom is -0.497 e. The Kier molecular flexibility index (Phi) is 14.8. The number of hydrogen-bond donors (Lipinski definition) is 2. The van der Waals surface area contributed by atoms with E-state index in [1.807, 2.05) is 56.8 Å². The van der Waals surface area contributed by atoms with E-state index >= 15 is 0 Å². The van der Waals surface area contributed by atoms with Gasteiger partial charge in [0.25, 0.3) is 0 Å². The van der Waals surface area contributed by atoms with E-state index < -0.39 is 17.6 Å². The number of aromatic nitrogens is 6. The van der Waals surface area contributed by atoms with Crippen molar-refractivity contribution < 1.29 is 36.9 Å². The number of aryl methyl sites for hydroxylation is 2. The first-order valence-corrected chi connectivity index (χ1v) is 21.0. The van der Waals surface area contributed by atoms with Gasteiger partial charge in [0.1, 0.15) is 28.9 Å². The highest BCUT2D eigenvalue weighted by Crippen LogP contribution is 2.33. The van der Waals surface area contributed by atoms with Gasteiger partial charge in [-0.25, -0.2) is 9.37 Å². The number of hydrogen-bond acceptors (Lipinski definition) is 11. The van der Waals surface area contributed by atoms with Crippen LogP contribution in [-0.4, -0.2) is 79.0 Å². The van der Waals surface area contributed by atoms with Gasteiger partial charge < -0.3 is 24.5 Å². The molecule has 0 saturated heterocycles. The van der Waals surface area contributed by atoms with Crippen LogP contribution in [0.5, 0.6) is 11.5 Å². The lowest BCUT2D eigenvalue weighted by atomic mass is 10.1. The first-order chi connectivity index (χ1) is 31.4. The summed E-state index contributed by atoms with van der Waals surface area (Å²) in [5, 5.41) is 28.4. The van der Waals surface area contributed by atoms with Gasteiger partial charge in [0, 0.05) is 62.7 Å². The molecule has 0 aliphatic rings. The summed E-state index contributed by atoms with van der Waals surface area (Å²) in [6.07, 6.45) is 5.23. The molecule has 0 amide bonds. The molecule has 3 aromatic carbocycles. The smallest absolute Gasteiger partial charge is 0.419 e. The van der Waals surface area contributed by atoms with Crippen LogP contribution in [0, 0.1) is 29.5 Å². The Morgan fingerprint density at radius 1 is 0.985 bits per heavy atom. The van der Waals surface area contributed by atoms with Gasteiger partial charge in [-0.3, -0.25) is 19.2 Å². The minimum atomic E-state index is -4.82. The number of ether oxygens (including phenoxy) is 2. The third kappa shape index (κ3) is 11.9. The largest absolute Gasteiger partial charge is 0.497 e. The van der Waals surface area contributed by atoms with Crippen LogP contribution in [0.4, 0.5) is 17.6 Å². The SMILES string of the molecule is COc1cccc(CN(C)/N=C\c2c(C=O)n(C)c3nc(Cn4cc(C#Cc5cnn(CCC#Cc6ccc(OCc7ccc(F)c(C(F)(F)F)c7)c(CNCCO)c6)c5)cn4)sc23)c1. The van der Waals surface area contributed by atoms with Crippen molar-refractivity contribution in [3.63, 3.8) is 0 Å². The van der Waals surface area contributed by atoms with Gasteiger partial charge in [-0.15, -0.1) is 11.3 Å². The van der Waals surface area contributed by atoms with Crippen LogP contribution in [0.2, 0.25) is 0 Å². The first kappa shape index (κ1) is 45.8. The molecule has 0 aliphatic carbocycles. The summed E-state index contributed by atoms with van der Waals surface area (Å²) in [6.45, 7) is 1.83. The fraction of sp³-hybridized carbons (Fsp3) is 0.255. The highest BCUT2D eigenvalue weighted by atomic mass is 32.1. The molecule has 0 saturated carbocycles. The zero-order valence-electron chi connectivity index (χ0n) is 35.6. The van der Waals surface area contributed by atoms with Gasteiger partial charge in [0.15, 0.2) is 11.9 Å². The van der Waals surface area contributed by atoms with Crippen LogP contribution >= 0.6 is 11.3 Å². The molecule has 0 aliphatic heterocycles. The standard InChI is InChI=1S/C47H43F4N9O4S/c1-57(26-33-8-6-9-38(20-33)63-3)53-25-39-42(30-62)58(2)46-45(39)65-44(56-46)29-60-28-36(23-55-60)11-10-35-22-54-59(27-35)17-5-4-7-32-13-15-43(37(19-32)24-52-16-18-61)64-31-34-12-14-41(48)40(21-34)47(49,50)51/h6,8-9,12-15,19-23,25,27-28,30,52,61H,5,16-18,24,26,29,31H2,1-3H3/b53-25-. The van der Waals surface area contributed by atoms with Gasteiger partial charge in [-0.2, -0.15) is 28.5 Å². The molecule has 0 radical (unpaired) electrons. The number of aliphatic hydroxyl groups excluding tert-OH is 1. The maximum atomic E-state index is 13.8. The number of nitrogens with one attached hydrogen (secondary N) is 1. The van der Waals surface area contributed by atoms with E-state index in [-0.39, 0.29) is 18.8 Å². The molecule has 0 bridgehead atoms. The van der Waals surface area contributed by atoms with Crippen molar-refractivity contribution in [1.29, 1.82) is 0 Å². The maximum Gasteiger partial charge on any atom is 0.419 e. The quantitative estimate of drug-likeness (QED) is 0.0247. The Morgan fingerprint density at radius 3 is 2.52 bits per heavy atom. The van der Waals surface area contributed by atoms with Crippen LogP contribution in [0.25, 0.3) is 10.3 Å². The molecular weight excluding hydrogens is 863 g/mol. The van der Waals surface area contributed by atoms with Crippen molar-refractivity contribution >= 4 is 34.2 Å². The predicted octanol–water partition coefficient (Wildman–Crippen LogP) is 7.02. The van der Waals surface area contributed by atoms with E-state index in [1.165, 1.54) is 17.4 Å². The van der Waals surface area contributed by atoms with Crippen molar-refractivity contribution in [3.8, 4) is 35.2 Å². The number of rotatable bonds is 17. The number of hydrazone groups is 1. The Hall–Kier alpha value is -7.25. The van der Waals surface area contributed by atoms with Crippen molar-refractivity contribution in [2.24, 2.45) is 12.1 Å². The van der Waals surface area contributed by atoms with Gasteiger partial charge in [0.05, 0.1) is 79.0 Å². The fourth-order valence-electron chi connectivity index (χ4n) is 6.70. The van der Waals surface area contributed by atoms with E-state index in [4.69, 9.17) is 14.5 Å². The average molecular weight is 906 g/mol. The second kappa shape index (κ2) is 21.0.